The molecule has 0 unspecified atom stereocenters. The quantitative estimate of drug-likeness (QED) is 0.582. The molecule has 1 aromatic rings. The van der Waals surface area contributed by atoms with Crippen LogP contribution in [0.4, 0.5) is 0 Å². The van der Waals surface area contributed by atoms with Gasteiger partial charge in [0.2, 0.25) is 0 Å². The smallest absolute Gasteiger partial charge is 0.0808 e. The van der Waals surface area contributed by atoms with Gasteiger partial charge in [-0.2, -0.15) is 0 Å². The zero-order valence-corrected chi connectivity index (χ0v) is 7.78. The molecule has 0 aliphatic carbocycles. The monoisotopic (exact) mass is 162 g/mol. The van der Waals surface area contributed by atoms with Gasteiger partial charge in [-0.1, -0.05) is 6.07 Å². The highest BCUT2D eigenvalue weighted by Gasteiger charge is 2.04. The van der Waals surface area contributed by atoms with Crippen molar-refractivity contribution in [2.24, 2.45) is 4.99 Å². The van der Waals surface area contributed by atoms with Crippen LogP contribution in [-0.2, 0) is 0 Å². The lowest BCUT2D eigenvalue weighted by atomic mass is 10.1. The Morgan fingerprint density at radius 1 is 1.33 bits per heavy atom. The zero-order valence-electron chi connectivity index (χ0n) is 7.78. The van der Waals surface area contributed by atoms with Gasteiger partial charge in [0, 0.05) is 12.4 Å². The van der Waals surface area contributed by atoms with Crippen LogP contribution in [0, 0.1) is 0 Å². The maximum Gasteiger partial charge on any atom is 0.0808 e. The average molecular weight is 162 g/mol. The Morgan fingerprint density at radius 2 is 2.08 bits per heavy atom. The van der Waals surface area contributed by atoms with E-state index in [9.17, 15) is 0 Å². The summed E-state index contributed by atoms with van der Waals surface area (Å²) >= 11 is 0. The Balaban J connectivity index is 2.71. The molecule has 64 valence electrons. The van der Waals surface area contributed by atoms with Crippen molar-refractivity contribution < 1.29 is 0 Å². The largest absolute Gasteiger partial charge is 0.285 e. The second-order valence-corrected chi connectivity index (χ2v) is 3.68. The molecule has 2 heteroatoms. The van der Waals surface area contributed by atoms with E-state index in [0.717, 1.165) is 5.69 Å². The van der Waals surface area contributed by atoms with E-state index >= 15 is 0 Å². The van der Waals surface area contributed by atoms with E-state index in [1.165, 1.54) is 0 Å². The van der Waals surface area contributed by atoms with Crippen molar-refractivity contribution >= 4 is 6.21 Å². The summed E-state index contributed by atoms with van der Waals surface area (Å²) < 4.78 is 0. The second kappa shape index (κ2) is 3.48. The second-order valence-electron chi connectivity index (χ2n) is 3.68. The standard InChI is InChI=1S/C10H14N2/c1-10(2,3)12-8-9-6-4-5-7-11-9/h4-8H,1-3H3. The molecule has 12 heavy (non-hydrogen) atoms. The maximum atomic E-state index is 4.34. The van der Waals surface area contributed by atoms with Crippen molar-refractivity contribution in [1.29, 1.82) is 0 Å². The van der Waals surface area contributed by atoms with Crippen LogP contribution < -0.4 is 0 Å². The molecule has 1 rings (SSSR count). The molecule has 2 nitrogen and oxygen atoms in total. The first-order valence-corrected chi connectivity index (χ1v) is 4.04. The van der Waals surface area contributed by atoms with Crippen LogP contribution in [0.2, 0.25) is 0 Å². The number of hydrogen-bond donors (Lipinski definition) is 0. The summed E-state index contributed by atoms with van der Waals surface area (Å²) in [6.07, 6.45) is 3.57. The molecule has 0 aromatic carbocycles. The number of pyridine rings is 1. The lowest BCUT2D eigenvalue weighted by Crippen LogP contribution is -2.09. The predicted molar refractivity (Wildman–Crippen MR) is 51.6 cm³/mol. The summed E-state index contributed by atoms with van der Waals surface area (Å²) in [7, 11) is 0. The molecular weight excluding hydrogens is 148 g/mol. The number of nitrogens with zero attached hydrogens (tertiary/aromatic N) is 2. The average Bonchev–Trinajstić information content (AvgIpc) is 2.02. The molecule has 0 saturated carbocycles. The minimum absolute atomic E-state index is 0.0163. The van der Waals surface area contributed by atoms with E-state index in [1.807, 2.05) is 18.2 Å². The molecule has 0 radical (unpaired) electrons. The number of aliphatic imine (C=N–C) groups is 1. The molecule has 0 amide bonds. The van der Waals surface area contributed by atoms with E-state index in [0.29, 0.717) is 0 Å². The van der Waals surface area contributed by atoms with Gasteiger partial charge in [-0.3, -0.25) is 9.98 Å². The lowest BCUT2D eigenvalue weighted by molar-refractivity contribution is 0.586. The van der Waals surface area contributed by atoms with Crippen molar-refractivity contribution in [2.75, 3.05) is 0 Å². The van der Waals surface area contributed by atoms with Gasteiger partial charge in [0.15, 0.2) is 0 Å². The Labute approximate surface area is 73.4 Å². The molecule has 0 N–H and O–H groups in total. The third-order valence-electron chi connectivity index (χ3n) is 1.27. The summed E-state index contributed by atoms with van der Waals surface area (Å²) in [4.78, 5) is 8.47. The van der Waals surface area contributed by atoms with Gasteiger partial charge in [0.1, 0.15) is 0 Å². The topological polar surface area (TPSA) is 25.2 Å². The molecule has 0 atom stereocenters. The fourth-order valence-electron chi connectivity index (χ4n) is 0.712. The summed E-state index contributed by atoms with van der Waals surface area (Å²) in [6.45, 7) is 6.19. The number of hydrogen-bond acceptors (Lipinski definition) is 2. The molecule has 0 bridgehead atoms. The van der Waals surface area contributed by atoms with Gasteiger partial charge >= 0.3 is 0 Å². The molecule has 0 aliphatic rings. The summed E-state index contributed by atoms with van der Waals surface area (Å²) in [5, 5.41) is 0. The first-order valence-electron chi connectivity index (χ1n) is 4.04. The SMILES string of the molecule is CC(C)(C)N=Cc1ccccn1. The van der Waals surface area contributed by atoms with Crippen LogP contribution in [0.3, 0.4) is 0 Å². The van der Waals surface area contributed by atoms with Gasteiger partial charge < -0.3 is 0 Å². The minimum Gasteiger partial charge on any atom is -0.285 e. The Kier molecular flexibility index (Phi) is 2.58. The highest BCUT2D eigenvalue weighted by molar-refractivity contribution is 5.76. The van der Waals surface area contributed by atoms with Gasteiger partial charge in [-0.05, 0) is 32.9 Å². The highest BCUT2D eigenvalue weighted by atomic mass is 14.8. The fraction of sp³-hybridized carbons (Fsp3) is 0.400. The molecule has 1 heterocycles. The third kappa shape index (κ3) is 3.28. The normalized spacial score (nSPS) is 12.2. The molecule has 0 saturated heterocycles. The lowest BCUT2D eigenvalue weighted by Gasteiger charge is -2.10. The van der Waals surface area contributed by atoms with E-state index in [1.54, 1.807) is 12.4 Å². The number of aromatic nitrogens is 1. The predicted octanol–water partition coefficient (Wildman–Crippen LogP) is 2.30. The van der Waals surface area contributed by atoms with Gasteiger partial charge in [0.25, 0.3) is 0 Å². The van der Waals surface area contributed by atoms with Gasteiger partial charge in [-0.25, -0.2) is 0 Å². The fourth-order valence-corrected chi connectivity index (χ4v) is 0.712. The van der Waals surface area contributed by atoms with Crippen molar-refractivity contribution in [2.45, 2.75) is 26.3 Å². The third-order valence-corrected chi connectivity index (χ3v) is 1.27. The van der Waals surface area contributed by atoms with E-state index < -0.39 is 0 Å². The highest BCUT2D eigenvalue weighted by Crippen LogP contribution is 2.05. The first kappa shape index (κ1) is 8.91. The van der Waals surface area contributed by atoms with Crippen molar-refractivity contribution in [3.63, 3.8) is 0 Å². The van der Waals surface area contributed by atoms with Crippen LogP contribution in [0.1, 0.15) is 26.5 Å². The van der Waals surface area contributed by atoms with Crippen molar-refractivity contribution in [3.8, 4) is 0 Å². The summed E-state index contributed by atoms with van der Waals surface area (Å²) in [5.41, 5.74) is 0.893. The first-order chi connectivity index (χ1) is 5.58. The Morgan fingerprint density at radius 3 is 2.58 bits per heavy atom. The Hall–Kier alpha value is -1.18. The summed E-state index contributed by atoms with van der Waals surface area (Å²) in [6, 6.07) is 5.79. The van der Waals surface area contributed by atoms with E-state index in [-0.39, 0.29) is 5.54 Å². The molecule has 0 fully saturated rings. The molecule has 0 aliphatic heterocycles. The molecular formula is C10H14N2. The zero-order chi connectivity index (χ0) is 9.03. The van der Waals surface area contributed by atoms with E-state index in [4.69, 9.17) is 0 Å². The molecule has 0 spiro atoms. The van der Waals surface area contributed by atoms with Crippen LogP contribution in [0.15, 0.2) is 29.4 Å². The maximum absolute atomic E-state index is 4.34. The van der Waals surface area contributed by atoms with Crippen LogP contribution >= 0.6 is 0 Å². The van der Waals surface area contributed by atoms with Crippen LogP contribution in [0.25, 0.3) is 0 Å². The van der Waals surface area contributed by atoms with Crippen LogP contribution in [-0.4, -0.2) is 16.7 Å². The minimum atomic E-state index is -0.0163. The van der Waals surface area contributed by atoms with Crippen molar-refractivity contribution in [3.05, 3.63) is 30.1 Å². The Bertz CT molecular complexity index is 257. The van der Waals surface area contributed by atoms with Gasteiger partial charge in [0.05, 0.1) is 11.2 Å². The molecule has 1 aromatic heterocycles. The number of rotatable bonds is 1. The summed E-state index contributed by atoms with van der Waals surface area (Å²) in [5.74, 6) is 0. The van der Waals surface area contributed by atoms with E-state index in [2.05, 4.69) is 30.7 Å². The van der Waals surface area contributed by atoms with Crippen LogP contribution in [0.5, 0.6) is 0 Å². The van der Waals surface area contributed by atoms with Crippen molar-refractivity contribution in [1.82, 2.24) is 4.98 Å². The van der Waals surface area contributed by atoms with Gasteiger partial charge in [-0.15, -0.1) is 0 Å².